The lowest BCUT2D eigenvalue weighted by atomic mass is 10.1. The highest BCUT2D eigenvalue weighted by atomic mass is 32.2. The monoisotopic (exact) mass is 247 g/mol. The fourth-order valence-corrected chi connectivity index (χ4v) is 2.29. The quantitative estimate of drug-likeness (QED) is 0.435. The van der Waals surface area contributed by atoms with Crippen molar-refractivity contribution >= 4 is 17.6 Å². The number of nitrogens with zero attached hydrogens (tertiary/aromatic N) is 2. The number of nitrogens with two attached hydrogens (primary N) is 1. The van der Waals surface area contributed by atoms with Crippen molar-refractivity contribution in [3.8, 4) is 0 Å². The molecule has 0 aliphatic carbocycles. The van der Waals surface area contributed by atoms with Gasteiger partial charge in [0.25, 0.3) is 0 Å². The molecule has 0 unspecified atom stereocenters. The van der Waals surface area contributed by atoms with Crippen LogP contribution in [-0.2, 0) is 5.75 Å². The fourth-order valence-electron chi connectivity index (χ4n) is 1.44. The number of rotatable bonds is 4. The molecular formula is C11H13N5S. The van der Waals surface area contributed by atoms with Crippen LogP contribution in [0.5, 0.6) is 0 Å². The van der Waals surface area contributed by atoms with Crippen molar-refractivity contribution < 1.29 is 0 Å². The van der Waals surface area contributed by atoms with Crippen LogP contribution in [0.1, 0.15) is 17.0 Å². The Balaban J connectivity index is 2.11. The van der Waals surface area contributed by atoms with Gasteiger partial charge in [0.15, 0.2) is 0 Å². The summed E-state index contributed by atoms with van der Waals surface area (Å²) < 4.78 is 0. The van der Waals surface area contributed by atoms with Crippen LogP contribution < -0.4 is 5.73 Å². The summed E-state index contributed by atoms with van der Waals surface area (Å²) in [5, 5.41) is 15.0. The molecule has 5 nitrogen and oxygen atoms in total. The number of hydrogen-bond donors (Lipinski definition) is 3. The van der Waals surface area contributed by atoms with Crippen LogP contribution in [0.15, 0.2) is 29.4 Å². The summed E-state index contributed by atoms with van der Waals surface area (Å²) in [6.45, 7) is 1.86. The molecular weight excluding hydrogens is 234 g/mol. The molecule has 88 valence electrons. The average Bonchev–Trinajstić information content (AvgIpc) is 2.73. The van der Waals surface area contributed by atoms with E-state index in [0.29, 0.717) is 10.9 Å². The standard InChI is InChI=1S/C11H13N5S/c1-7-14-11(16-15-7)17-6-8-4-2-3-5-9(8)10(12)13/h2-5H,6H2,1H3,(H3,12,13)(H,14,15,16). The van der Waals surface area contributed by atoms with Crippen LogP contribution in [0.25, 0.3) is 0 Å². The Labute approximate surface area is 103 Å². The van der Waals surface area contributed by atoms with E-state index in [1.54, 1.807) is 0 Å². The summed E-state index contributed by atoms with van der Waals surface area (Å²) in [6.07, 6.45) is 0. The van der Waals surface area contributed by atoms with Gasteiger partial charge in [-0.25, -0.2) is 4.98 Å². The van der Waals surface area contributed by atoms with Gasteiger partial charge in [-0.1, -0.05) is 36.0 Å². The van der Waals surface area contributed by atoms with E-state index in [2.05, 4.69) is 15.2 Å². The predicted molar refractivity (Wildman–Crippen MR) is 68.1 cm³/mol. The van der Waals surface area contributed by atoms with Crippen LogP contribution in [0, 0.1) is 12.3 Å². The Morgan fingerprint density at radius 1 is 1.47 bits per heavy atom. The molecule has 2 aromatic rings. The topological polar surface area (TPSA) is 91.4 Å². The number of aryl methyl sites for hydroxylation is 1. The summed E-state index contributed by atoms with van der Waals surface area (Å²) in [5.74, 6) is 1.59. The number of nitrogens with one attached hydrogen (secondary N) is 2. The minimum absolute atomic E-state index is 0.0902. The molecule has 0 amide bonds. The molecule has 0 aliphatic heterocycles. The van der Waals surface area contributed by atoms with E-state index >= 15 is 0 Å². The largest absolute Gasteiger partial charge is 0.384 e. The summed E-state index contributed by atoms with van der Waals surface area (Å²) in [5.41, 5.74) is 7.32. The van der Waals surface area contributed by atoms with Crippen LogP contribution in [-0.4, -0.2) is 21.0 Å². The van der Waals surface area contributed by atoms with E-state index in [1.807, 2.05) is 31.2 Å². The van der Waals surface area contributed by atoms with Gasteiger partial charge in [-0.05, 0) is 12.5 Å². The summed E-state index contributed by atoms with van der Waals surface area (Å²) in [6, 6.07) is 7.62. The molecule has 0 spiro atoms. The van der Waals surface area contributed by atoms with E-state index in [1.165, 1.54) is 11.8 Å². The Kier molecular flexibility index (Phi) is 3.43. The minimum Gasteiger partial charge on any atom is -0.384 e. The van der Waals surface area contributed by atoms with Gasteiger partial charge in [-0.3, -0.25) is 10.5 Å². The molecule has 0 radical (unpaired) electrons. The Hall–Kier alpha value is -1.82. The van der Waals surface area contributed by atoms with Crippen molar-refractivity contribution in [2.45, 2.75) is 17.8 Å². The van der Waals surface area contributed by atoms with Crippen molar-refractivity contribution in [3.63, 3.8) is 0 Å². The van der Waals surface area contributed by atoms with Gasteiger partial charge in [0.1, 0.15) is 11.7 Å². The zero-order valence-electron chi connectivity index (χ0n) is 9.40. The lowest BCUT2D eigenvalue weighted by molar-refractivity contribution is 0.969. The SMILES string of the molecule is Cc1nc(SCc2ccccc2C(=N)N)n[nH]1. The maximum absolute atomic E-state index is 7.49. The Morgan fingerprint density at radius 3 is 2.88 bits per heavy atom. The smallest absolute Gasteiger partial charge is 0.208 e. The molecule has 0 bridgehead atoms. The zero-order chi connectivity index (χ0) is 12.3. The Morgan fingerprint density at radius 2 is 2.24 bits per heavy atom. The van der Waals surface area contributed by atoms with Gasteiger partial charge in [-0.15, -0.1) is 5.10 Å². The third-order valence-electron chi connectivity index (χ3n) is 2.24. The van der Waals surface area contributed by atoms with Gasteiger partial charge in [0.2, 0.25) is 5.16 Å². The molecule has 1 aromatic heterocycles. The average molecular weight is 247 g/mol. The summed E-state index contributed by atoms with van der Waals surface area (Å²) in [7, 11) is 0. The first-order valence-electron chi connectivity index (χ1n) is 5.11. The lowest BCUT2D eigenvalue weighted by Crippen LogP contribution is -2.13. The summed E-state index contributed by atoms with van der Waals surface area (Å²) in [4.78, 5) is 4.21. The van der Waals surface area contributed by atoms with Gasteiger partial charge >= 0.3 is 0 Å². The second kappa shape index (κ2) is 5.01. The Bertz CT molecular complexity index is 534. The van der Waals surface area contributed by atoms with Gasteiger partial charge in [-0.2, -0.15) is 0 Å². The van der Waals surface area contributed by atoms with Crippen LogP contribution in [0.3, 0.4) is 0 Å². The van der Waals surface area contributed by atoms with Gasteiger partial charge in [0, 0.05) is 11.3 Å². The maximum Gasteiger partial charge on any atom is 0.208 e. The van der Waals surface area contributed by atoms with Crippen molar-refractivity contribution in [1.82, 2.24) is 15.2 Å². The normalized spacial score (nSPS) is 10.4. The van der Waals surface area contributed by atoms with Crippen molar-refractivity contribution in [2.75, 3.05) is 0 Å². The zero-order valence-corrected chi connectivity index (χ0v) is 10.2. The number of hydrogen-bond acceptors (Lipinski definition) is 4. The predicted octanol–water partition coefficient (Wildman–Crippen LogP) is 1.69. The van der Waals surface area contributed by atoms with Crippen molar-refractivity contribution in [2.24, 2.45) is 5.73 Å². The highest BCUT2D eigenvalue weighted by Gasteiger charge is 2.06. The second-order valence-corrected chi connectivity index (χ2v) is 4.51. The molecule has 0 fully saturated rings. The first-order valence-corrected chi connectivity index (χ1v) is 6.09. The van der Waals surface area contributed by atoms with E-state index in [-0.39, 0.29) is 5.84 Å². The van der Waals surface area contributed by atoms with E-state index < -0.39 is 0 Å². The molecule has 0 saturated carbocycles. The molecule has 4 N–H and O–H groups in total. The highest BCUT2D eigenvalue weighted by molar-refractivity contribution is 7.98. The van der Waals surface area contributed by atoms with Crippen LogP contribution in [0.2, 0.25) is 0 Å². The maximum atomic E-state index is 7.49. The molecule has 1 heterocycles. The molecule has 2 rings (SSSR count). The number of nitrogen functional groups attached to an aromatic ring is 1. The molecule has 17 heavy (non-hydrogen) atoms. The molecule has 0 saturated heterocycles. The van der Waals surface area contributed by atoms with E-state index in [4.69, 9.17) is 11.1 Å². The first-order chi connectivity index (χ1) is 8.16. The number of thioether (sulfide) groups is 1. The third kappa shape index (κ3) is 2.85. The first kappa shape index (κ1) is 11.7. The molecule has 1 aromatic carbocycles. The lowest BCUT2D eigenvalue weighted by Gasteiger charge is -2.05. The highest BCUT2D eigenvalue weighted by Crippen LogP contribution is 2.21. The fraction of sp³-hybridized carbons (Fsp3) is 0.182. The minimum atomic E-state index is 0.0902. The molecule has 0 aliphatic rings. The molecule has 0 atom stereocenters. The number of aromatic amines is 1. The van der Waals surface area contributed by atoms with Gasteiger partial charge in [0.05, 0.1) is 0 Å². The second-order valence-electron chi connectivity index (χ2n) is 3.56. The van der Waals surface area contributed by atoms with E-state index in [9.17, 15) is 0 Å². The molecule has 6 heteroatoms. The van der Waals surface area contributed by atoms with E-state index in [0.717, 1.165) is 17.0 Å². The number of aromatic nitrogens is 3. The van der Waals surface area contributed by atoms with Crippen molar-refractivity contribution in [1.29, 1.82) is 5.41 Å². The van der Waals surface area contributed by atoms with Crippen LogP contribution in [0.4, 0.5) is 0 Å². The third-order valence-corrected chi connectivity index (χ3v) is 3.14. The number of H-pyrrole nitrogens is 1. The van der Waals surface area contributed by atoms with Crippen LogP contribution >= 0.6 is 11.8 Å². The number of benzene rings is 1. The van der Waals surface area contributed by atoms with Gasteiger partial charge < -0.3 is 5.73 Å². The summed E-state index contributed by atoms with van der Waals surface area (Å²) >= 11 is 1.52. The number of amidine groups is 1. The van der Waals surface area contributed by atoms with Crippen molar-refractivity contribution in [3.05, 3.63) is 41.2 Å².